The van der Waals surface area contributed by atoms with Gasteiger partial charge in [0.25, 0.3) is 0 Å². The van der Waals surface area contributed by atoms with Crippen molar-refractivity contribution in [3.8, 4) is 0 Å². The summed E-state index contributed by atoms with van der Waals surface area (Å²) < 4.78 is 13.0. The maximum Gasteiger partial charge on any atom is 0.170 e. The second-order valence-electron chi connectivity index (χ2n) is 11.6. The van der Waals surface area contributed by atoms with Crippen LogP contribution in [0, 0.1) is 6.92 Å². The Morgan fingerprint density at radius 1 is 1.02 bits per heavy atom. The molecule has 3 atom stereocenters. The smallest absolute Gasteiger partial charge is 0.170 e. The summed E-state index contributed by atoms with van der Waals surface area (Å²) in [5, 5.41) is 3.48. The molecule has 244 valence electrons. The first-order chi connectivity index (χ1) is 21.4. The van der Waals surface area contributed by atoms with Crippen LogP contribution in [0.4, 0.5) is 0 Å². The average molecular weight is 604 g/mol. The van der Waals surface area contributed by atoms with Crippen LogP contribution in [-0.4, -0.2) is 38.1 Å². The number of hydrogen-bond donors (Lipinski definition) is 3. The summed E-state index contributed by atoms with van der Waals surface area (Å²) in [7, 11) is 1.85. The highest BCUT2D eigenvalue weighted by atomic mass is 16.8. The fourth-order valence-corrected chi connectivity index (χ4v) is 5.96. The van der Waals surface area contributed by atoms with E-state index in [9.17, 15) is 0 Å². The van der Waals surface area contributed by atoms with Crippen LogP contribution in [0.5, 0.6) is 0 Å². The fraction of sp³-hybridized carbons (Fsp3) is 0.538. The highest BCUT2D eigenvalue weighted by molar-refractivity contribution is 5.47. The van der Waals surface area contributed by atoms with Gasteiger partial charge in [0.1, 0.15) is 5.60 Å². The van der Waals surface area contributed by atoms with Crippen molar-refractivity contribution in [2.24, 2.45) is 0 Å². The molecule has 1 heterocycles. The van der Waals surface area contributed by atoms with Crippen LogP contribution < -0.4 is 16.2 Å². The predicted molar refractivity (Wildman–Crippen MR) is 190 cm³/mol. The first-order valence-corrected chi connectivity index (χ1v) is 17.1. The van der Waals surface area contributed by atoms with E-state index in [2.05, 4.69) is 97.8 Å². The van der Waals surface area contributed by atoms with Crippen molar-refractivity contribution >= 4 is 6.08 Å². The lowest BCUT2D eigenvalue weighted by molar-refractivity contribution is -0.203. The van der Waals surface area contributed by atoms with Gasteiger partial charge < -0.3 is 20.2 Å². The Balaban J connectivity index is 0.000000438. The maximum atomic E-state index is 6.64. The first-order valence-electron chi connectivity index (χ1n) is 17.1. The van der Waals surface area contributed by atoms with Gasteiger partial charge in [-0.25, -0.2) is 5.43 Å². The largest absolute Gasteiger partial charge is 0.346 e. The second-order valence-corrected chi connectivity index (χ2v) is 11.6. The molecule has 2 aliphatic carbocycles. The third-order valence-electron chi connectivity index (χ3n) is 8.24. The summed E-state index contributed by atoms with van der Waals surface area (Å²) in [6, 6.07) is 17.6. The average Bonchev–Trinajstić information content (AvgIpc) is 3.42. The molecule has 0 radical (unpaired) electrons. The van der Waals surface area contributed by atoms with Gasteiger partial charge in [-0.1, -0.05) is 108 Å². The summed E-state index contributed by atoms with van der Waals surface area (Å²) in [6.45, 7) is 22.9. The summed E-state index contributed by atoms with van der Waals surface area (Å²) in [6.07, 6.45) is 12.8. The molecule has 1 saturated carbocycles. The topological polar surface area (TPSA) is 54.5 Å². The Hall–Kier alpha value is -2.70. The number of nitrogens with one attached hydrogen (secondary N) is 3. The van der Waals surface area contributed by atoms with Gasteiger partial charge in [-0.2, -0.15) is 0 Å². The zero-order valence-corrected chi connectivity index (χ0v) is 28.9. The Bertz CT molecular complexity index is 1140. The molecule has 5 rings (SSSR count). The number of allylic oxidation sites excluding steroid dienone is 1. The van der Waals surface area contributed by atoms with E-state index >= 15 is 0 Å². The van der Waals surface area contributed by atoms with Crippen LogP contribution in [0.25, 0.3) is 6.08 Å². The lowest BCUT2D eigenvalue weighted by Gasteiger charge is -2.41. The van der Waals surface area contributed by atoms with E-state index in [4.69, 9.17) is 9.47 Å². The molecule has 44 heavy (non-hydrogen) atoms. The normalized spacial score (nSPS) is 23.1. The van der Waals surface area contributed by atoms with E-state index in [1.807, 2.05) is 40.8 Å². The lowest BCUT2D eigenvalue weighted by Crippen LogP contribution is -2.44. The molecule has 2 spiro atoms. The van der Waals surface area contributed by atoms with Gasteiger partial charge >= 0.3 is 0 Å². The van der Waals surface area contributed by atoms with Gasteiger partial charge in [0.05, 0.1) is 6.61 Å². The Labute approximate surface area is 269 Å². The van der Waals surface area contributed by atoms with Crippen molar-refractivity contribution in [2.45, 2.75) is 110 Å². The highest BCUT2D eigenvalue weighted by Gasteiger charge is 2.54. The molecule has 1 saturated heterocycles. The zero-order chi connectivity index (χ0) is 32.4. The molecular formula is C39H61N3O2. The van der Waals surface area contributed by atoms with E-state index in [0.29, 0.717) is 12.5 Å². The molecule has 2 fully saturated rings. The molecular weight excluding hydrogens is 542 g/mol. The van der Waals surface area contributed by atoms with E-state index in [-0.39, 0.29) is 5.60 Å². The van der Waals surface area contributed by atoms with Crippen molar-refractivity contribution < 1.29 is 9.47 Å². The number of ether oxygens (including phenoxy) is 2. The Morgan fingerprint density at radius 3 is 2.32 bits per heavy atom. The quantitative estimate of drug-likeness (QED) is 0.177. The minimum absolute atomic E-state index is 0.259. The van der Waals surface area contributed by atoms with Gasteiger partial charge in [0.15, 0.2) is 5.79 Å². The molecule has 2 aromatic carbocycles. The van der Waals surface area contributed by atoms with Crippen LogP contribution in [0.3, 0.4) is 0 Å². The SMILES string of the molecule is C=C(NNC)C1=CC2(COC3(CCCC(c4ccc(CCCNCCC)cc4)C3)O2)C1.C=Cc1ccc(C)cc1.CC.CC. The van der Waals surface area contributed by atoms with Crippen LogP contribution in [0.2, 0.25) is 0 Å². The molecule has 5 heteroatoms. The minimum Gasteiger partial charge on any atom is -0.346 e. The van der Waals surface area contributed by atoms with Crippen LogP contribution >= 0.6 is 0 Å². The van der Waals surface area contributed by atoms with Crippen molar-refractivity contribution in [3.63, 3.8) is 0 Å². The summed E-state index contributed by atoms with van der Waals surface area (Å²) in [5.74, 6) is 0.0837. The van der Waals surface area contributed by atoms with Gasteiger partial charge in [-0.15, -0.1) is 0 Å². The lowest BCUT2D eigenvalue weighted by atomic mass is 9.79. The van der Waals surface area contributed by atoms with Crippen LogP contribution in [0.1, 0.15) is 108 Å². The standard InChI is InChI=1S/C26H39N3O2.C9H10.2C2H6/c1-4-14-28-15-6-7-21-9-11-22(12-10-21)23-8-5-13-26(18-23)30-19-25(31-26)16-24(17-25)20(2)29-27-3;1-3-9-6-4-8(2)5-7-9;2*1-2/h9-12,16,23,27-29H,2,4-8,13-15,17-19H2,1,3H3;3-7H,1H2,2H3;2*1-2H3. The maximum absolute atomic E-state index is 6.64. The zero-order valence-electron chi connectivity index (χ0n) is 28.9. The van der Waals surface area contributed by atoms with Crippen molar-refractivity contribution in [3.05, 3.63) is 101 Å². The molecule has 3 N–H and O–H groups in total. The highest BCUT2D eigenvalue weighted by Crippen LogP contribution is 2.52. The van der Waals surface area contributed by atoms with Gasteiger partial charge in [0, 0.05) is 32.0 Å². The van der Waals surface area contributed by atoms with Gasteiger partial charge in [-0.3, -0.25) is 0 Å². The van der Waals surface area contributed by atoms with E-state index in [0.717, 1.165) is 50.9 Å². The molecule has 1 aliphatic heterocycles. The Morgan fingerprint density at radius 2 is 1.70 bits per heavy atom. The number of hydrogen-bond acceptors (Lipinski definition) is 5. The fourth-order valence-electron chi connectivity index (χ4n) is 5.96. The van der Waals surface area contributed by atoms with Crippen molar-refractivity contribution in [1.29, 1.82) is 0 Å². The summed E-state index contributed by atoms with van der Waals surface area (Å²) >= 11 is 0. The minimum atomic E-state index is -0.424. The van der Waals surface area contributed by atoms with Crippen LogP contribution in [0.15, 0.2) is 79.0 Å². The van der Waals surface area contributed by atoms with E-state index < -0.39 is 5.79 Å². The summed E-state index contributed by atoms with van der Waals surface area (Å²) in [5.41, 5.74) is 13.2. The van der Waals surface area contributed by atoms with Crippen molar-refractivity contribution in [2.75, 3.05) is 26.7 Å². The molecule has 2 aromatic rings. The molecule has 3 aliphatic rings. The van der Waals surface area contributed by atoms with Crippen molar-refractivity contribution in [1.82, 2.24) is 16.2 Å². The third kappa shape index (κ3) is 11.0. The summed E-state index contributed by atoms with van der Waals surface area (Å²) in [4.78, 5) is 0. The van der Waals surface area contributed by atoms with Gasteiger partial charge in [0.2, 0.25) is 0 Å². The predicted octanol–water partition coefficient (Wildman–Crippen LogP) is 9.02. The third-order valence-corrected chi connectivity index (χ3v) is 8.24. The number of benzene rings is 2. The first kappa shape index (κ1) is 37.5. The second kappa shape index (κ2) is 19.6. The number of rotatable bonds is 11. The van der Waals surface area contributed by atoms with Crippen LogP contribution in [-0.2, 0) is 15.9 Å². The molecule has 5 nitrogen and oxygen atoms in total. The van der Waals surface area contributed by atoms with E-state index in [1.165, 1.54) is 47.1 Å². The number of hydrazine groups is 1. The molecule has 0 bridgehead atoms. The van der Waals surface area contributed by atoms with Gasteiger partial charge in [-0.05, 0) is 86.4 Å². The Kier molecular flexibility index (Phi) is 16.7. The molecule has 0 aromatic heterocycles. The molecule has 3 unspecified atom stereocenters. The monoisotopic (exact) mass is 603 g/mol. The number of aryl methyl sites for hydroxylation is 2. The molecule has 0 amide bonds. The van der Waals surface area contributed by atoms with E-state index in [1.54, 1.807) is 0 Å².